The van der Waals surface area contributed by atoms with Crippen molar-refractivity contribution in [2.75, 3.05) is 42.9 Å². The van der Waals surface area contributed by atoms with E-state index >= 15 is 0 Å². The summed E-state index contributed by atoms with van der Waals surface area (Å²) in [5, 5.41) is 3.11. The average Bonchev–Trinajstić information content (AvgIpc) is 2.46. The Morgan fingerprint density at radius 3 is 2.85 bits per heavy atom. The van der Waals surface area contributed by atoms with Gasteiger partial charge >= 0.3 is 0 Å². The molecule has 1 atom stereocenters. The maximum absolute atomic E-state index is 14.0. The van der Waals surface area contributed by atoms with E-state index in [0.29, 0.717) is 17.8 Å². The minimum atomic E-state index is -0.343. The van der Waals surface area contributed by atoms with Crippen molar-refractivity contribution in [1.82, 2.24) is 14.9 Å². The van der Waals surface area contributed by atoms with Crippen LogP contribution in [-0.2, 0) is 0 Å². The first-order valence-electron chi connectivity index (χ1n) is 7.41. The third-order valence-corrected chi connectivity index (χ3v) is 3.73. The lowest BCUT2D eigenvalue weighted by molar-refractivity contribution is 0.198. The van der Waals surface area contributed by atoms with Crippen molar-refractivity contribution in [1.29, 1.82) is 0 Å². The first-order valence-corrected chi connectivity index (χ1v) is 7.41. The van der Waals surface area contributed by atoms with E-state index in [4.69, 9.17) is 0 Å². The number of nitrogens with zero attached hydrogens (tertiary/aromatic N) is 4. The van der Waals surface area contributed by atoms with Crippen LogP contribution in [0.3, 0.4) is 0 Å². The molecule has 1 N–H and O–H groups in total. The number of halogens is 1. The lowest BCUT2D eigenvalue weighted by atomic mass is 10.2. The lowest BCUT2D eigenvalue weighted by Gasteiger charge is -2.39. The zero-order valence-corrected chi connectivity index (χ0v) is 12.6. The molecule has 2 heterocycles. The molecular weight excluding hydrogens is 257 g/mol. The average molecular weight is 281 g/mol. The van der Waals surface area contributed by atoms with Crippen LogP contribution in [-0.4, -0.2) is 53.6 Å². The number of hydrogen-bond donors (Lipinski definition) is 1. The highest BCUT2D eigenvalue weighted by Gasteiger charge is 2.25. The molecule has 0 radical (unpaired) electrons. The Labute approximate surface area is 120 Å². The van der Waals surface area contributed by atoms with Gasteiger partial charge in [-0.2, -0.15) is 4.98 Å². The molecule has 0 amide bonds. The van der Waals surface area contributed by atoms with Gasteiger partial charge in [-0.1, -0.05) is 13.8 Å². The van der Waals surface area contributed by atoms with Crippen LogP contribution in [0.25, 0.3) is 0 Å². The number of nitrogens with one attached hydrogen (secondary N) is 1. The fourth-order valence-corrected chi connectivity index (χ4v) is 2.56. The van der Waals surface area contributed by atoms with Crippen molar-refractivity contribution < 1.29 is 4.39 Å². The van der Waals surface area contributed by atoms with E-state index in [1.807, 2.05) is 4.90 Å². The Hall–Kier alpha value is -1.43. The fourth-order valence-electron chi connectivity index (χ4n) is 2.56. The lowest BCUT2D eigenvalue weighted by Crippen LogP contribution is -2.52. The molecule has 0 spiro atoms. The third kappa shape index (κ3) is 3.36. The highest BCUT2D eigenvalue weighted by Crippen LogP contribution is 2.21. The van der Waals surface area contributed by atoms with Gasteiger partial charge in [0.25, 0.3) is 0 Å². The highest BCUT2D eigenvalue weighted by molar-refractivity contribution is 5.44. The number of anilines is 2. The summed E-state index contributed by atoms with van der Waals surface area (Å²) in [6, 6.07) is 0.412. The molecule has 20 heavy (non-hydrogen) atoms. The zero-order chi connectivity index (χ0) is 14.5. The molecule has 1 saturated heterocycles. The van der Waals surface area contributed by atoms with Gasteiger partial charge in [0, 0.05) is 32.2 Å². The summed E-state index contributed by atoms with van der Waals surface area (Å²) in [5.74, 6) is 0.583. The van der Waals surface area contributed by atoms with Crippen molar-refractivity contribution in [3.63, 3.8) is 0 Å². The van der Waals surface area contributed by atoms with Crippen molar-refractivity contribution >= 4 is 11.8 Å². The quantitative estimate of drug-likeness (QED) is 0.894. The number of likely N-dealkylation sites (N-methyl/N-ethyl adjacent to an activating group) is 1. The maximum atomic E-state index is 14.0. The second kappa shape index (κ2) is 6.83. The molecule has 112 valence electrons. The smallest absolute Gasteiger partial charge is 0.224 e. The first kappa shape index (κ1) is 15.0. The monoisotopic (exact) mass is 281 g/mol. The van der Waals surface area contributed by atoms with Gasteiger partial charge in [0.05, 0.1) is 6.20 Å². The summed E-state index contributed by atoms with van der Waals surface area (Å²) in [6.07, 6.45) is 2.25. The van der Waals surface area contributed by atoms with Gasteiger partial charge in [-0.05, 0) is 19.9 Å². The van der Waals surface area contributed by atoms with E-state index in [-0.39, 0.29) is 5.82 Å². The number of aromatic nitrogens is 2. The molecule has 1 aliphatic rings. The van der Waals surface area contributed by atoms with E-state index in [9.17, 15) is 4.39 Å². The molecular formula is C14H24FN5. The van der Waals surface area contributed by atoms with Crippen LogP contribution in [0, 0.1) is 5.82 Å². The summed E-state index contributed by atoms with van der Waals surface area (Å²) in [7, 11) is 0. The topological polar surface area (TPSA) is 44.3 Å². The Morgan fingerprint density at radius 1 is 1.40 bits per heavy atom. The summed E-state index contributed by atoms with van der Waals surface area (Å²) in [4.78, 5) is 12.7. The van der Waals surface area contributed by atoms with Gasteiger partial charge in [-0.25, -0.2) is 9.37 Å². The van der Waals surface area contributed by atoms with Gasteiger partial charge < -0.3 is 10.2 Å². The number of piperazine rings is 1. The second-order valence-electron chi connectivity index (χ2n) is 5.22. The summed E-state index contributed by atoms with van der Waals surface area (Å²) in [5.41, 5.74) is 0. The predicted molar refractivity (Wildman–Crippen MR) is 79.7 cm³/mol. The van der Waals surface area contributed by atoms with Crippen molar-refractivity contribution in [3.05, 3.63) is 12.0 Å². The third-order valence-electron chi connectivity index (χ3n) is 3.73. The molecule has 1 unspecified atom stereocenters. The highest BCUT2D eigenvalue weighted by atomic mass is 19.1. The molecule has 1 aromatic heterocycles. The van der Waals surface area contributed by atoms with Gasteiger partial charge in [0.1, 0.15) is 0 Å². The van der Waals surface area contributed by atoms with Crippen LogP contribution in [0.1, 0.15) is 27.2 Å². The number of hydrogen-bond acceptors (Lipinski definition) is 5. The van der Waals surface area contributed by atoms with E-state index in [2.05, 4.69) is 41.0 Å². The van der Waals surface area contributed by atoms with Crippen molar-refractivity contribution in [2.24, 2.45) is 0 Å². The van der Waals surface area contributed by atoms with Crippen molar-refractivity contribution in [2.45, 2.75) is 33.2 Å². The predicted octanol–water partition coefficient (Wildman–Crippen LogP) is 1.97. The minimum Gasteiger partial charge on any atom is -0.354 e. The van der Waals surface area contributed by atoms with E-state index in [0.717, 1.165) is 39.1 Å². The largest absolute Gasteiger partial charge is 0.354 e. The standard InChI is InChI=1S/C14H24FN5/c1-4-6-16-14-17-9-12(15)13(18-14)20-8-7-19(5-2)11(3)10-20/h9,11H,4-8,10H2,1-3H3,(H,16,17,18). The number of rotatable bonds is 5. The Balaban J connectivity index is 2.11. The summed E-state index contributed by atoms with van der Waals surface area (Å²) >= 11 is 0. The second-order valence-corrected chi connectivity index (χ2v) is 5.22. The molecule has 6 heteroatoms. The molecule has 1 aliphatic heterocycles. The van der Waals surface area contributed by atoms with Gasteiger partial charge in [0.15, 0.2) is 11.6 Å². The minimum absolute atomic E-state index is 0.343. The Morgan fingerprint density at radius 2 is 2.20 bits per heavy atom. The van der Waals surface area contributed by atoms with Crippen LogP contribution in [0.4, 0.5) is 16.2 Å². The molecule has 5 nitrogen and oxygen atoms in total. The van der Waals surface area contributed by atoms with Crippen LogP contribution in [0.5, 0.6) is 0 Å². The molecule has 1 fully saturated rings. The van der Waals surface area contributed by atoms with E-state index in [1.165, 1.54) is 6.20 Å². The molecule has 0 aliphatic carbocycles. The SMILES string of the molecule is CCCNc1ncc(F)c(N2CCN(CC)C(C)C2)n1. The van der Waals surface area contributed by atoms with Crippen molar-refractivity contribution in [3.8, 4) is 0 Å². The summed E-state index contributed by atoms with van der Waals surface area (Å²) < 4.78 is 14.0. The zero-order valence-electron chi connectivity index (χ0n) is 12.6. The van der Waals surface area contributed by atoms with E-state index < -0.39 is 0 Å². The normalized spacial score (nSPS) is 20.2. The van der Waals surface area contributed by atoms with Gasteiger partial charge in [-0.15, -0.1) is 0 Å². The van der Waals surface area contributed by atoms with Crippen LogP contribution < -0.4 is 10.2 Å². The van der Waals surface area contributed by atoms with Crippen LogP contribution >= 0.6 is 0 Å². The van der Waals surface area contributed by atoms with Gasteiger partial charge in [0.2, 0.25) is 5.95 Å². The van der Waals surface area contributed by atoms with Crippen LogP contribution in [0.2, 0.25) is 0 Å². The molecule has 0 aromatic carbocycles. The first-order chi connectivity index (χ1) is 9.65. The molecule has 1 aromatic rings. The molecule has 0 saturated carbocycles. The molecule has 0 bridgehead atoms. The fraction of sp³-hybridized carbons (Fsp3) is 0.714. The Kier molecular flexibility index (Phi) is 5.11. The van der Waals surface area contributed by atoms with Crippen LogP contribution in [0.15, 0.2) is 6.20 Å². The van der Waals surface area contributed by atoms with Gasteiger partial charge in [-0.3, -0.25) is 4.90 Å². The summed E-state index contributed by atoms with van der Waals surface area (Å²) in [6.45, 7) is 10.8. The Bertz CT molecular complexity index is 440. The molecule has 2 rings (SSSR count). The van der Waals surface area contributed by atoms with E-state index in [1.54, 1.807) is 0 Å². The maximum Gasteiger partial charge on any atom is 0.224 e.